The lowest BCUT2D eigenvalue weighted by Gasteiger charge is -2.35. The molecule has 9 heteroatoms. The number of alkyl halides is 8. The minimum atomic E-state index is -4.10. The quantitative estimate of drug-likeness (QED) is 0.538. The molecule has 0 fully saturated rings. The molecule has 4 unspecified atom stereocenters. The molecule has 0 saturated carbocycles. The minimum absolute atomic E-state index is 0.601. The summed E-state index contributed by atoms with van der Waals surface area (Å²) < 4.78 is 109. The lowest BCUT2D eigenvalue weighted by molar-refractivity contribution is -0.244. The van der Waals surface area contributed by atoms with E-state index in [1.807, 2.05) is 0 Å². The van der Waals surface area contributed by atoms with E-state index in [2.05, 4.69) is 4.74 Å². The lowest BCUT2D eigenvalue weighted by Crippen LogP contribution is -2.51. The molecule has 0 aliphatic carbocycles. The van der Waals surface area contributed by atoms with Gasteiger partial charge in [-0.1, -0.05) is 0 Å². The third kappa shape index (κ3) is 5.96. The molecule has 0 radical (unpaired) electrons. The summed E-state index contributed by atoms with van der Waals surface area (Å²) in [5.74, 6) is -8.19. The molecule has 0 spiro atoms. The molecule has 0 aromatic rings. The van der Waals surface area contributed by atoms with Crippen molar-refractivity contribution in [3.8, 4) is 0 Å². The van der Waals surface area contributed by atoms with Gasteiger partial charge in [-0.15, -0.1) is 0 Å². The van der Waals surface area contributed by atoms with Crippen molar-refractivity contribution in [2.45, 2.75) is 63.1 Å². The van der Waals surface area contributed by atoms with E-state index < -0.39 is 62.6 Å². The number of ether oxygens (including phenoxy) is 1. The number of halogens is 8. The fourth-order valence-corrected chi connectivity index (χ4v) is 1.78. The van der Waals surface area contributed by atoms with Crippen molar-refractivity contribution in [2.75, 3.05) is 13.3 Å². The Kier molecular flexibility index (Phi) is 7.91. The Bertz CT molecular complexity index is 267. The first-order valence-corrected chi connectivity index (χ1v) is 6.30. The van der Waals surface area contributed by atoms with Gasteiger partial charge in [-0.05, 0) is 13.8 Å². The van der Waals surface area contributed by atoms with E-state index in [1.54, 1.807) is 0 Å². The van der Waals surface area contributed by atoms with Gasteiger partial charge >= 0.3 is 0 Å². The molecule has 0 N–H and O–H groups in total. The van der Waals surface area contributed by atoms with Gasteiger partial charge in [0.25, 0.3) is 11.8 Å². The summed E-state index contributed by atoms with van der Waals surface area (Å²) in [6.07, 6.45) is -13.3. The van der Waals surface area contributed by atoms with Crippen molar-refractivity contribution in [2.24, 2.45) is 0 Å². The van der Waals surface area contributed by atoms with Crippen LogP contribution in [-0.2, 0) is 4.74 Å². The highest BCUT2D eigenvalue weighted by Gasteiger charge is 2.51. The van der Waals surface area contributed by atoms with Gasteiger partial charge < -0.3 is 4.74 Å². The smallest absolute Gasteiger partial charge is 0.279 e. The molecule has 0 saturated heterocycles. The predicted octanol–water partition coefficient (Wildman–Crippen LogP) is 4.45. The van der Waals surface area contributed by atoms with Crippen molar-refractivity contribution >= 4 is 0 Å². The van der Waals surface area contributed by atoms with Crippen LogP contribution in [0.4, 0.5) is 35.1 Å². The number of hydrogen-bond donors (Lipinski definition) is 0. The van der Waals surface area contributed by atoms with Gasteiger partial charge in [0.1, 0.15) is 12.3 Å². The topological polar surface area (TPSA) is 9.23 Å². The summed E-state index contributed by atoms with van der Waals surface area (Å²) >= 11 is 0. The van der Waals surface area contributed by atoms with Gasteiger partial charge in [-0.25, -0.2) is 26.3 Å². The first kappa shape index (κ1) is 20.4. The second-order valence-electron chi connectivity index (χ2n) is 4.73. The zero-order valence-electron chi connectivity index (χ0n) is 11.6. The van der Waals surface area contributed by atoms with Crippen LogP contribution in [0.25, 0.3) is 0 Å². The van der Waals surface area contributed by atoms with Crippen molar-refractivity contribution in [3.05, 3.63) is 0 Å². The maximum atomic E-state index is 13.5. The lowest BCUT2D eigenvalue weighted by atomic mass is 10.0. The first-order chi connectivity index (χ1) is 9.49. The van der Waals surface area contributed by atoms with Crippen molar-refractivity contribution < 1.29 is 39.9 Å². The van der Waals surface area contributed by atoms with Crippen LogP contribution in [0.3, 0.4) is 0 Å². The first-order valence-electron chi connectivity index (χ1n) is 6.30. The third-order valence-corrected chi connectivity index (χ3v) is 2.82. The van der Waals surface area contributed by atoms with Crippen LogP contribution in [0.5, 0.6) is 0 Å². The molecular formula is C12H18F8O. The Hall–Kier alpha value is -0.600. The number of rotatable bonds is 10. The van der Waals surface area contributed by atoms with Crippen LogP contribution in [0.2, 0.25) is 0 Å². The summed E-state index contributed by atoms with van der Waals surface area (Å²) in [5, 5.41) is 0. The Balaban J connectivity index is 5.26. The molecule has 0 aromatic carbocycles. The molecule has 0 bridgehead atoms. The van der Waals surface area contributed by atoms with E-state index >= 15 is 0 Å². The van der Waals surface area contributed by atoms with Gasteiger partial charge in [-0.2, -0.15) is 0 Å². The molecule has 0 rings (SSSR count). The van der Waals surface area contributed by atoms with Gasteiger partial charge in [0.15, 0.2) is 12.2 Å². The molecule has 0 aliphatic rings. The van der Waals surface area contributed by atoms with Crippen molar-refractivity contribution in [1.82, 2.24) is 0 Å². The monoisotopic (exact) mass is 330 g/mol. The van der Waals surface area contributed by atoms with Crippen molar-refractivity contribution in [1.29, 1.82) is 0 Å². The summed E-state index contributed by atoms with van der Waals surface area (Å²) in [5.41, 5.74) is 0. The van der Waals surface area contributed by atoms with Gasteiger partial charge in [0, 0.05) is 12.8 Å². The molecule has 128 valence electrons. The molecule has 4 atom stereocenters. The average molecular weight is 330 g/mol. The normalized spacial score (nSPS) is 19.1. The molecule has 0 heterocycles. The van der Waals surface area contributed by atoms with E-state index in [9.17, 15) is 35.1 Å². The zero-order chi connectivity index (χ0) is 16.8. The molecule has 21 heavy (non-hydrogen) atoms. The van der Waals surface area contributed by atoms with E-state index in [0.29, 0.717) is 13.8 Å². The average Bonchev–Trinajstić information content (AvgIpc) is 2.26. The SMILES string of the molecule is CC(F)C(OC(C(C)F)C(F)(F)CCF)C(F)(F)CCF. The second kappa shape index (κ2) is 8.14. The van der Waals surface area contributed by atoms with Crippen LogP contribution in [0.15, 0.2) is 0 Å². The van der Waals surface area contributed by atoms with Crippen LogP contribution in [-0.4, -0.2) is 49.7 Å². The van der Waals surface area contributed by atoms with Gasteiger partial charge in [0.05, 0.1) is 13.3 Å². The highest BCUT2D eigenvalue weighted by atomic mass is 19.3. The predicted molar refractivity (Wildman–Crippen MR) is 60.9 cm³/mol. The fourth-order valence-electron chi connectivity index (χ4n) is 1.78. The van der Waals surface area contributed by atoms with Gasteiger partial charge in [-0.3, -0.25) is 8.78 Å². The van der Waals surface area contributed by atoms with Crippen LogP contribution in [0, 0.1) is 0 Å². The highest BCUT2D eigenvalue weighted by Crippen LogP contribution is 2.36. The largest absolute Gasteiger partial charge is 0.356 e. The van der Waals surface area contributed by atoms with Crippen LogP contribution >= 0.6 is 0 Å². The van der Waals surface area contributed by atoms with Crippen LogP contribution in [0.1, 0.15) is 26.7 Å². The summed E-state index contributed by atoms with van der Waals surface area (Å²) in [6.45, 7) is -1.86. The minimum Gasteiger partial charge on any atom is -0.356 e. The maximum absolute atomic E-state index is 13.5. The maximum Gasteiger partial charge on any atom is 0.279 e. The van der Waals surface area contributed by atoms with E-state index in [0.717, 1.165) is 0 Å². The second-order valence-corrected chi connectivity index (χ2v) is 4.73. The fraction of sp³-hybridized carbons (Fsp3) is 1.00. The molecule has 0 aromatic heterocycles. The Labute approximate surface area is 117 Å². The third-order valence-electron chi connectivity index (χ3n) is 2.82. The summed E-state index contributed by atoms with van der Waals surface area (Å²) in [7, 11) is 0. The Morgan fingerprint density at radius 3 is 1.24 bits per heavy atom. The highest BCUT2D eigenvalue weighted by molar-refractivity contribution is 4.89. The summed E-state index contributed by atoms with van der Waals surface area (Å²) in [4.78, 5) is 0. The molecular weight excluding hydrogens is 312 g/mol. The van der Waals surface area contributed by atoms with E-state index in [-0.39, 0.29) is 0 Å². The van der Waals surface area contributed by atoms with E-state index in [4.69, 9.17) is 0 Å². The van der Waals surface area contributed by atoms with Crippen LogP contribution < -0.4 is 0 Å². The van der Waals surface area contributed by atoms with Crippen molar-refractivity contribution in [3.63, 3.8) is 0 Å². The molecule has 1 nitrogen and oxygen atoms in total. The van der Waals surface area contributed by atoms with E-state index in [1.165, 1.54) is 0 Å². The zero-order valence-corrected chi connectivity index (χ0v) is 11.6. The standard InChI is InChI=1S/C12H18F8O/c1-7(15)9(11(17,18)3-5-13)21-10(8(2)16)12(19,20)4-6-14/h7-10H,3-6H2,1-2H3. The Morgan fingerprint density at radius 1 is 0.762 bits per heavy atom. The molecule has 0 aliphatic heterocycles. The summed E-state index contributed by atoms with van der Waals surface area (Å²) in [6, 6.07) is 0. The molecule has 0 amide bonds. The Morgan fingerprint density at radius 2 is 1.05 bits per heavy atom. The van der Waals surface area contributed by atoms with Gasteiger partial charge in [0.2, 0.25) is 0 Å². The number of hydrogen-bond acceptors (Lipinski definition) is 1.